The number of nitrogens with zero attached hydrogens (tertiary/aromatic N) is 6. The standard InChI is InChI=1S/C7H16N2O.5CN.Fe/c8-2-1-3-9-4-6-10-7-5-9;5*1-2;/h1-8H2;;;;;;. The molecule has 0 atom stereocenters. The first kappa shape index (κ1) is 18.8. The van der Waals surface area contributed by atoms with Gasteiger partial charge in [0.2, 0.25) is 0 Å². The van der Waals surface area contributed by atoms with Gasteiger partial charge in [-0.25, -0.2) is 0 Å². The van der Waals surface area contributed by atoms with Crippen LogP contribution in [0.4, 0.5) is 0 Å². The van der Waals surface area contributed by atoms with Crippen molar-refractivity contribution in [3.63, 3.8) is 0 Å². The largest absolute Gasteiger partial charge is 0.379 e. The second-order valence-corrected chi connectivity index (χ2v) is 7.87. The zero-order valence-electron chi connectivity index (χ0n) is 11.5. The number of nitrogens with two attached hydrogens (primary N) is 1. The molecule has 0 radical (unpaired) electrons. The molecule has 1 aliphatic rings. The second kappa shape index (κ2) is 8.91. The minimum Gasteiger partial charge on any atom is -0.379 e. The van der Waals surface area contributed by atoms with E-state index in [0.717, 1.165) is 45.8 Å². The van der Waals surface area contributed by atoms with E-state index in [9.17, 15) is 0 Å². The third-order valence-corrected chi connectivity index (χ3v) is 5.04. The van der Waals surface area contributed by atoms with Gasteiger partial charge in [0, 0.05) is 13.1 Å². The van der Waals surface area contributed by atoms with E-state index in [1.165, 1.54) is 24.8 Å². The first-order valence-electron chi connectivity index (χ1n) is 5.94. The van der Waals surface area contributed by atoms with Crippen LogP contribution in [0.1, 0.15) is 6.42 Å². The molecular formula is C12H16FeN7O. The Morgan fingerprint density at radius 3 is 1.62 bits per heavy atom. The Labute approximate surface area is 124 Å². The monoisotopic (exact) mass is 330 g/mol. The minimum atomic E-state index is -4.78. The summed E-state index contributed by atoms with van der Waals surface area (Å²) in [4.78, 5) is 8.52. The Balaban J connectivity index is 0.000000382. The molecule has 0 unspecified atom stereocenters. The van der Waals surface area contributed by atoms with Crippen LogP contribution in [-0.2, 0) is 16.5 Å². The van der Waals surface area contributed by atoms with Gasteiger partial charge in [0.1, 0.15) is 0 Å². The molecule has 8 nitrogen and oxygen atoms in total. The quantitative estimate of drug-likeness (QED) is 0.694. The van der Waals surface area contributed by atoms with Crippen LogP contribution in [0, 0.1) is 51.1 Å². The van der Waals surface area contributed by atoms with Crippen molar-refractivity contribution >= 4 is 0 Å². The summed E-state index contributed by atoms with van der Waals surface area (Å²) in [5.41, 5.74) is 5.39. The number of rotatable bonds is 3. The van der Waals surface area contributed by atoms with Crippen LogP contribution in [0.3, 0.4) is 0 Å². The first-order valence-corrected chi connectivity index (χ1v) is 8.70. The normalized spacial score (nSPS) is 16.1. The third kappa shape index (κ3) is 5.03. The number of ether oxygens (including phenoxy) is 1. The van der Waals surface area contributed by atoms with Crippen molar-refractivity contribution in [3.8, 4) is 24.8 Å². The van der Waals surface area contributed by atoms with Crippen LogP contribution in [0.15, 0.2) is 0 Å². The van der Waals surface area contributed by atoms with Gasteiger partial charge in [-0.1, -0.05) is 0 Å². The molecule has 1 fully saturated rings. The number of hydrogen-bond acceptors (Lipinski definition) is 8. The molecule has 2 N–H and O–H groups in total. The van der Waals surface area contributed by atoms with Gasteiger partial charge in [-0.3, -0.25) is 4.90 Å². The van der Waals surface area contributed by atoms with E-state index in [-0.39, 0.29) is 0 Å². The summed E-state index contributed by atoms with van der Waals surface area (Å²) in [7, 11) is 0. The fourth-order valence-electron chi connectivity index (χ4n) is 1.32. The molecule has 0 saturated carbocycles. The molecule has 0 aromatic rings. The van der Waals surface area contributed by atoms with Crippen molar-refractivity contribution in [2.75, 3.05) is 39.4 Å². The average Bonchev–Trinajstić information content (AvgIpc) is 2.58. The van der Waals surface area contributed by atoms with E-state index in [1.54, 1.807) is 0 Å². The average molecular weight is 330 g/mol. The summed E-state index contributed by atoms with van der Waals surface area (Å²) < 4.78 is 5.21. The summed E-state index contributed by atoms with van der Waals surface area (Å²) in [5, 5.41) is 41.8. The van der Waals surface area contributed by atoms with Crippen molar-refractivity contribution in [2.24, 2.45) is 5.73 Å². The van der Waals surface area contributed by atoms with Crippen molar-refractivity contribution < 1.29 is 16.5 Å². The molecule has 21 heavy (non-hydrogen) atoms. The maximum Gasteiger partial charge on any atom is 0.0594 e. The zero-order chi connectivity index (χ0) is 16.2. The molecule has 0 spiro atoms. The SMILES string of the molecule is N#[C][Fe]([C]#N)([C]#N)([C]#N)[C]#N.NCCCN1CCOCC1. The molecule has 1 heterocycles. The Kier molecular flexibility index (Phi) is 8.00. The Hall–Kier alpha value is -2.15. The van der Waals surface area contributed by atoms with E-state index in [1.807, 2.05) is 0 Å². The molecule has 0 aromatic carbocycles. The van der Waals surface area contributed by atoms with E-state index >= 15 is 0 Å². The number of morpholine rings is 1. The van der Waals surface area contributed by atoms with E-state index < -0.39 is 11.8 Å². The fourth-order valence-corrected chi connectivity index (χ4v) is 1.87. The predicted octanol–water partition coefficient (Wildman–Crippen LogP) is -0.251. The Bertz CT molecular complexity index is 452. The van der Waals surface area contributed by atoms with Crippen LogP contribution < -0.4 is 5.73 Å². The molecule has 9 heteroatoms. The van der Waals surface area contributed by atoms with Crippen LogP contribution >= 0.6 is 0 Å². The smallest absolute Gasteiger partial charge is 0.0594 e. The molecule has 1 saturated heterocycles. The van der Waals surface area contributed by atoms with Crippen LogP contribution in [0.2, 0.25) is 0 Å². The van der Waals surface area contributed by atoms with E-state index in [4.69, 9.17) is 36.8 Å². The molecule has 0 aliphatic carbocycles. The van der Waals surface area contributed by atoms with Crippen LogP contribution in [-0.4, -0.2) is 44.3 Å². The summed E-state index contributed by atoms with van der Waals surface area (Å²) in [6.07, 6.45) is 1.11. The minimum absolute atomic E-state index is 0.803. The number of hydrogen-bond donors (Lipinski definition) is 1. The van der Waals surface area contributed by atoms with Gasteiger partial charge >= 0.3 is 62.9 Å². The Morgan fingerprint density at radius 1 is 0.905 bits per heavy atom. The van der Waals surface area contributed by atoms with Gasteiger partial charge in [-0.15, -0.1) is 0 Å². The summed E-state index contributed by atoms with van der Waals surface area (Å²) in [6.45, 7) is 5.90. The van der Waals surface area contributed by atoms with E-state index in [2.05, 4.69) is 4.90 Å². The molecule has 113 valence electrons. The van der Waals surface area contributed by atoms with Crippen molar-refractivity contribution in [1.82, 2.24) is 4.90 Å². The van der Waals surface area contributed by atoms with Crippen molar-refractivity contribution in [3.05, 3.63) is 0 Å². The Morgan fingerprint density at radius 2 is 1.33 bits per heavy atom. The zero-order valence-corrected chi connectivity index (χ0v) is 12.6. The van der Waals surface area contributed by atoms with Crippen molar-refractivity contribution in [1.29, 1.82) is 26.3 Å². The molecule has 1 rings (SSSR count). The molecular weight excluding hydrogens is 314 g/mol. The third-order valence-electron chi connectivity index (χ3n) is 2.57. The van der Waals surface area contributed by atoms with Gasteiger partial charge in [0.15, 0.2) is 0 Å². The van der Waals surface area contributed by atoms with Gasteiger partial charge in [0.05, 0.1) is 13.2 Å². The summed E-state index contributed by atoms with van der Waals surface area (Å²) in [5.74, 6) is 0. The van der Waals surface area contributed by atoms with Gasteiger partial charge in [-0.05, 0) is 19.5 Å². The van der Waals surface area contributed by atoms with Crippen LogP contribution in [0.25, 0.3) is 0 Å². The maximum absolute atomic E-state index is 8.35. The molecule has 0 bridgehead atoms. The number of nitriles is 5. The molecule has 1 aliphatic heterocycles. The summed E-state index contributed by atoms with van der Waals surface area (Å²) in [6, 6.07) is 0. The molecule has 0 aromatic heterocycles. The van der Waals surface area contributed by atoms with Gasteiger partial charge in [0.25, 0.3) is 0 Å². The van der Waals surface area contributed by atoms with E-state index in [0.29, 0.717) is 0 Å². The second-order valence-electron chi connectivity index (χ2n) is 3.88. The first-order chi connectivity index (χ1) is 10.0. The summed E-state index contributed by atoms with van der Waals surface area (Å²) >= 11 is -4.78. The maximum atomic E-state index is 8.35. The fraction of sp³-hybridized carbons (Fsp3) is 0.583. The van der Waals surface area contributed by atoms with Crippen molar-refractivity contribution in [2.45, 2.75) is 6.42 Å². The molecule has 0 amide bonds. The van der Waals surface area contributed by atoms with Crippen LogP contribution in [0.5, 0.6) is 0 Å². The van der Waals surface area contributed by atoms with Gasteiger partial charge < -0.3 is 10.5 Å². The predicted molar refractivity (Wildman–Crippen MR) is 69.0 cm³/mol. The van der Waals surface area contributed by atoms with Gasteiger partial charge in [-0.2, -0.15) is 0 Å². The topological polar surface area (TPSA) is 157 Å².